The first-order chi connectivity index (χ1) is 12.8. The number of nitrogens with one attached hydrogen (secondary N) is 2. The minimum absolute atomic E-state index is 0. The molecule has 0 aliphatic rings. The third-order valence-corrected chi connectivity index (χ3v) is 4.15. The second kappa shape index (κ2) is 13.6. The summed E-state index contributed by atoms with van der Waals surface area (Å²) >= 11 is 9.94. The van der Waals surface area contributed by atoms with Crippen molar-refractivity contribution in [3.05, 3.63) is 23.7 Å². The van der Waals surface area contributed by atoms with E-state index in [4.69, 9.17) is 29.7 Å². The Balaban J connectivity index is 0.00000729. The minimum Gasteiger partial charge on any atom is -0.741 e. The van der Waals surface area contributed by atoms with Gasteiger partial charge in [0.05, 0.1) is 12.8 Å². The maximum atomic E-state index is 5.96. The Bertz CT molecular complexity index is 706. The first-order valence-electron chi connectivity index (χ1n) is 8.53. The molecule has 159 valence electrons. The molecule has 0 amide bonds. The molecule has 1 aromatic rings. The van der Waals surface area contributed by atoms with Crippen molar-refractivity contribution < 1.29 is 21.5 Å². The van der Waals surface area contributed by atoms with Crippen molar-refractivity contribution in [2.75, 3.05) is 14.1 Å². The number of amidine groups is 2. The topological polar surface area (TPSA) is 89.9 Å². The standard InChI is InChI=1S/C17H29N7OS2.Cu/c1-11(2)24(12(3)4)10-13-7-8-15(25-13)14(21-23-17(27)19-6)9-20-22-16(26)18-5;/h7-9,11-12H,10H2,1-6H3,(H2,18,22,26)(H2,19,23,27);/q;+2/p-2/b20-9+,21-14-;. The average Bonchev–Trinajstić information content (AvgIpc) is 3.09. The molecule has 0 bridgehead atoms. The molecule has 0 fully saturated rings. The zero-order valence-corrected chi connectivity index (χ0v) is 19.4. The van der Waals surface area contributed by atoms with Gasteiger partial charge in [0, 0.05) is 26.2 Å². The molecule has 0 saturated carbocycles. The number of aliphatic imine (C=N–C) groups is 2. The largest absolute Gasteiger partial charge is 2.00 e. The Labute approximate surface area is 188 Å². The van der Waals surface area contributed by atoms with Crippen LogP contribution in [0.15, 0.2) is 36.7 Å². The Morgan fingerprint density at radius 2 is 1.64 bits per heavy atom. The summed E-state index contributed by atoms with van der Waals surface area (Å²) in [6, 6.07) is 4.58. The van der Waals surface area contributed by atoms with Crippen LogP contribution in [0.25, 0.3) is 0 Å². The summed E-state index contributed by atoms with van der Waals surface area (Å²) in [5, 5.41) is 8.76. The van der Waals surface area contributed by atoms with E-state index in [9.17, 15) is 0 Å². The first kappa shape index (κ1) is 26.5. The van der Waals surface area contributed by atoms with Gasteiger partial charge in [-0.15, -0.1) is 0 Å². The molecule has 28 heavy (non-hydrogen) atoms. The van der Waals surface area contributed by atoms with Crippen molar-refractivity contribution in [3.8, 4) is 0 Å². The molecular formula is C17H27CuN7OS2. The summed E-state index contributed by atoms with van der Waals surface area (Å²) in [4.78, 5) is 9.97. The van der Waals surface area contributed by atoms with Gasteiger partial charge in [-0.1, -0.05) is 0 Å². The van der Waals surface area contributed by atoms with Crippen molar-refractivity contribution in [1.29, 1.82) is 0 Å². The molecule has 0 aliphatic carbocycles. The van der Waals surface area contributed by atoms with Crippen molar-refractivity contribution in [3.63, 3.8) is 0 Å². The number of rotatable bonds is 8. The summed E-state index contributed by atoms with van der Waals surface area (Å²) < 4.78 is 5.96. The maximum absolute atomic E-state index is 5.96. The van der Waals surface area contributed by atoms with E-state index >= 15 is 0 Å². The van der Waals surface area contributed by atoms with Gasteiger partial charge in [0.25, 0.3) is 0 Å². The van der Waals surface area contributed by atoms with Gasteiger partial charge in [0.2, 0.25) is 0 Å². The van der Waals surface area contributed by atoms with Gasteiger partial charge in [-0.05, 0) is 50.2 Å². The quantitative estimate of drug-likeness (QED) is 0.197. The van der Waals surface area contributed by atoms with E-state index < -0.39 is 0 Å². The summed E-state index contributed by atoms with van der Waals surface area (Å²) in [6.45, 7) is 9.35. The van der Waals surface area contributed by atoms with Gasteiger partial charge >= 0.3 is 17.1 Å². The smallest absolute Gasteiger partial charge is 0.741 e. The van der Waals surface area contributed by atoms with Gasteiger partial charge in [-0.25, -0.2) is 0 Å². The molecule has 2 N–H and O–H groups in total. The molecule has 0 aromatic carbocycles. The van der Waals surface area contributed by atoms with Crippen LogP contribution in [0.4, 0.5) is 0 Å². The molecule has 8 nitrogen and oxygen atoms in total. The number of hydrazone groups is 2. The van der Waals surface area contributed by atoms with Crippen LogP contribution in [0.5, 0.6) is 0 Å². The van der Waals surface area contributed by atoms with Crippen LogP contribution in [0.3, 0.4) is 0 Å². The number of furan rings is 1. The summed E-state index contributed by atoms with van der Waals surface area (Å²) in [5.41, 5.74) is 5.74. The second-order valence-corrected chi connectivity index (χ2v) is 6.94. The predicted octanol–water partition coefficient (Wildman–Crippen LogP) is 1.83. The fraction of sp³-hybridized carbons (Fsp3) is 0.529. The van der Waals surface area contributed by atoms with Gasteiger partial charge in [0.1, 0.15) is 11.5 Å². The van der Waals surface area contributed by atoms with Crippen LogP contribution in [-0.2, 0) is 48.9 Å². The Morgan fingerprint density at radius 1 is 1.07 bits per heavy atom. The SMILES string of the molecule is CN=C([S-])N/N=C(/C=N/NC([S-])=NC)c1ccc(CN(C(C)C)C(C)C)o1.[Cu+2]. The van der Waals surface area contributed by atoms with Crippen molar-refractivity contribution in [2.45, 2.75) is 46.3 Å². The van der Waals surface area contributed by atoms with E-state index in [2.05, 4.69) is 63.6 Å². The van der Waals surface area contributed by atoms with Crippen LogP contribution in [0.2, 0.25) is 0 Å². The van der Waals surface area contributed by atoms with Crippen molar-refractivity contribution in [2.24, 2.45) is 20.2 Å². The van der Waals surface area contributed by atoms with E-state index in [-0.39, 0.29) is 27.4 Å². The van der Waals surface area contributed by atoms with Gasteiger partial charge < -0.3 is 29.7 Å². The zero-order valence-electron chi connectivity index (χ0n) is 16.9. The van der Waals surface area contributed by atoms with Crippen LogP contribution in [-0.4, -0.2) is 53.3 Å². The Morgan fingerprint density at radius 3 is 2.18 bits per heavy atom. The Kier molecular flexibility index (Phi) is 12.9. The second-order valence-electron chi connectivity index (χ2n) is 6.16. The van der Waals surface area contributed by atoms with Crippen LogP contribution < -0.4 is 10.9 Å². The van der Waals surface area contributed by atoms with Crippen LogP contribution >= 0.6 is 0 Å². The van der Waals surface area contributed by atoms with Crippen LogP contribution in [0.1, 0.15) is 39.2 Å². The van der Waals surface area contributed by atoms with E-state index in [1.165, 1.54) is 6.21 Å². The third kappa shape index (κ3) is 9.11. The normalized spacial score (nSPS) is 13.5. The zero-order chi connectivity index (χ0) is 20.4. The molecule has 0 aliphatic heterocycles. The molecule has 0 atom stereocenters. The van der Waals surface area contributed by atoms with E-state index in [1.54, 1.807) is 14.1 Å². The van der Waals surface area contributed by atoms with E-state index in [0.717, 1.165) is 5.76 Å². The van der Waals surface area contributed by atoms with E-state index in [0.29, 0.717) is 30.1 Å². The maximum Gasteiger partial charge on any atom is 2.00 e. The third-order valence-electron chi connectivity index (χ3n) is 3.60. The van der Waals surface area contributed by atoms with Crippen molar-refractivity contribution in [1.82, 2.24) is 15.8 Å². The number of hydrogen-bond donors (Lipinski definition) is 2. The number of hydrogen-bond acceptors (Lipinski definition) is 8. The van der Waals surface area contributed by atoms with Crippen LogP contribution in [0, 0.1) is 0 Å². The summed E-state index contributed by atoms with van der Waals surface area (Å²) in [5.74, 6) is 1.39. The summed E-state index contributed by atoms with van der Waals surface area (Å²) in [7, 11) is 3.16. The molecule has 0 unspecified atom stereocenters. The molecule has 0 saturated heterocycles. The minimum atomic E-state index is 0. The van der Waals surface area contributed by atoms with E-state index in [1.807, 2.05) is 12.1 Å². The monoisotopic (exact) mass is 472 g/mol. The average molecular weight is 473 g/mol. The molecule has 1 radical (unpaired) electrons. The van der Waals surface area contributed by atoms with Gasteiger partial charge in [-0.3, -0.25) is 25.7 Å². The molecule has 1 heterocycles. The predicted molar refractivity (Wildman–Crippen MR) is 117 cm³/mol. The molecule has 0 spiro atoms. The molecule has 11 heteroatoms. The van der Waals surface area contributed by atoms with Crippen molar-refractivity contribution >= 4 is 47.5 Å². The molecule has 1 rings (SSSR count). The van der Waals surface area contributed by atoms with Gasteiger partial charge in [-0.2, -0.15) is 10.2 Å². The molecule has 1 aromatic heterocycles. The molecular weight excluding hydrogens is 446 g/mol. The van der Waals surface area contributed by atoms with Gasteiger partial charge in [0.15, 0.2) is 5.76 Å². The Hall–Kier alpha value is -1.52. The summed E-state index contributed by atoms with van der Waals surface area (Å²) in [6.07, 6.45) is 1.48. The first-order valence-corrected chi connectivity index (χ1v) is 9.35. The fourth-order valence-electron chi connectivity index (χ4n) is 2.25. The fourth-order valence-corrected chi connectivity index (χ4v) is 2.34. The number of nitrogens with zero attached hydrogens (tertiary/aromatic N) is 5.